The predicted octanol–water partition coefficient (Wildman–Crippen LogP) is 1.85. The summed E-state index contributed by atoms with van der Waals surface area (Å²) in [6.45, 7) is 4.36. The van der Waals surface area contributed by atoms with Crippen molar-refractivity contribution in [3.05, 3.63) is 24.3 Å². The lowest BCUT2D eigenvalue weighted by Crippen LogP contribution is -2.50. The second-order valence-electron chi connectivity index (χ2n) is 7.30. The number of nitrogens with zero attached hydrogens (tertiary/aromatic N) is 1. The van der Waals surface area contributed by atoms with Gasteiger partial charge in [0.25, 0.3) is 0 Å². The molecule has 1 spiro atoms. The van der Waals surface area contributed by atoms with Gasteiger partial charge in [-0.3, -0.25) is 0 Å². The fourth-order valence-corrected chi connectivity index (χ4v) is 4.90. The second kappa shape index (κ2) is 5.76. The summed E-state index contributed by atoms with van der Waals surface area (Å²) in [5.41, 5.74) is -0.0827. The summed E-state index contributed by atoms with van der Waals surface area (Å²) in [6, 6.07) is 6.90. The van der Waals surface area contributed by atoms with Crippen LogP contribution in [0.3, 0.4) is 0 Å². The van der Waals surface area contributed by atoms with Gasteiger partial charge in [0.2, 0.25) is 10.0 Å². The van der Waals surface area contributed by atoms with Gasteiger partial charge in [0.15, 0.2) is 0 Å². The molecule has 4 rings (SSSR count). The van der Waals surface area contributed by atoms with E-state index in [0.717, 1.165) is 31.8 Å². The Balaban J connectivity index is 1.50. The molecule has 2 heterocycles. The van der Waals surface area contributed by atoms with E-state index in [1.54, 1.807) is 18.2 Å². The molecule has 0 aromatic heterocycles. The second-order valence-corrected chi connectivity index (χ2v) is 9.04. The van der Waals surface area contributed by atoms with Gasteiger partial charge in [-0.25, -0.2) is 13.1 Å². The van der Waals surface area contributed by atoms with Crippen molar-refractivity contribution in [1.29, 1.82) is 0 Å². The molecule has 0 bridgehead atoms. The van der Waals surface area contributed by atoms with Crippen molar-refractivity contribution in [2.75, 3.05) is 32.8 Å². The number of nitrogens with one attached hydrogen (secondary N) is 1. The van der Waals surface area contributed by atoms with E-state index >= 15 is 0 Å². The zero-order valence-corrected chi connectivity index (χ0v) is 14.1. The van der Waals surface area contributed by atoms with Crippen molar-refractivity contribution >= 4 is 10.0 Å². The van der Waals surface area contributed by atoms with Crippen LogP contribution in [0.5, 0.6) is 5.75 Å². The van der Waals surface area contributed by atoms with Crippen LogP contribution in [0.25, 0.3) is 0 Å². The predicted molar refractivity (Wildman–Crippen MR) is 88.0 cm³/mol. The zero-order valence-electron chi connectivity index (χ0n) is 13.3. The molecule has 3 aliphatic rings. The SMILES string of the molecule is O=S1(=O)NCC2(CCN(CC3CC3)CC2)COc2ccccc21. The molecule has 0 radical (unpaired) electrons. The standard InChI is InChI=1S/C17H24N2O3S/c20-23(21)16-4-2-1-3-15(16)22-13-17(12-18-23)7-9-19(10-8-17)11-14-5-6-14/h1-4,14,18H,5-13H2. The maximum absolute atomic E-state index is 12.5. The van der Waals surface area contributed by atoms with Crippen LogP contribution < -0.4 is 9.46 Å². The highest BCUT2D eigenvalue weighted by Crippen LogP contribution is 2.37. The highest BCUT2D eigenvalue weighted by atomic mass is 32.2. The molecule has 0 unspecified atom stereocenters. The number of hydrogen-bond donors (Lipinski definition) is 1. The van der Waals surface area contributed by atoms with Gasteiger partial charge in [0, 0.05) is 18.5 Å². The zero-order chi connectivity index (χ0) is 15.9. The number of piperidine rings is 1. The molecular weight excluding hydrogens is 312 g/mol. The lowest BCUT2D eigenvalue weighted by Gasteiger charge is -2.42. The Bertz CT molecular complexity index is 677. The first kappa shape index (κ1) is 15.4. The molecule has 2 fully saturated rings. The maximum atomic E-state index is 12.5. The first-order valence-corrected chi connectivity index (χ1v) is 9.99. The molecule has 6 heteroatoms. The first-order valence-electron chi connectivity index (χ1n) is 8.50. The number of rotatable bonds is 2. The van der Waals surface area contributed by atoms with Crippen LogP contribution in [0.1, 0.15) is 25.7 Å². The van der Waals surface area contributed by atoms with E-state index < -0.39 is 10.0 Å². The van der Waals surface area contributed by atoms with Gasteiger partial charge in [-0.15, -0.1) is 0 Å². The minimum absolute atomic E-state index is 0.0827. The number of likely N-dealkylation sites (tertiary alicyclic amines) is 1. The number of fused-ring (bicyclic) bond motifs is 1. The average Bonchev–Trinajstić information content (AvgIpc) is 3.37. The average molecular weight is 336 g/mol. The van der Waals surface area contributed by atoms with Crippen LogP contribution in [0.4, 0.5) is 0 Å². The van der Waals surface area contributed by atoms with Gasteiger partial charge in [0.1, 0.15) is 10.6 Å². The summed E-state index contributed by atoms with van der Waals surface area (Å²) < 4.78 is 33.7. The monoisotopic (exact) mass is 336 g/mol. The molecule has 1 saturated carbocycles. The van der Waals surface area contributed by atoms with Crippen molar-refractivity contribution in [3.63, 3.8) is 0 Å². The van der Waals surface area contributed by atoms with Gasteiger partial charge in [0.05, 0.1) is 6.61 Å². The van der Waals surface area contributed by atoms with E-state index in [4.69, 9.17) is 4.74 Å². The lowest BCUT2D eigenvalue weighted by molar-refractivity contribution is 0.0535. The third-order valence-electron chi connectivity index (χ3n) is 5.44. The summed E-state index contributed by atoms with van der Waals surface area (Å²) in [5, 5.41) is 0. The summed E-state index contributed by atoms with van der Waals surface area (Å²) in [4.78, 5) is 2.78. The van der Waals surface area contributed by atoms with Crippen molar-refractivity contribution in [2.45, 2.75) is 30.6 Å². The van der Waals surface area contributed by atoms with Crippen molar-refractivity contribution < 1.29 is 13.2 Å². The quantitative estimate of drug-likeness (QED) is 0.895. The molecule has 1 aromatic carbocycles. The molecule has 2 aliphatic heterocycles. The minimum atomic E-state index is -3.49. The third kappa shape index (κ3) is 3.25. The maximum Gasteiger partial charge on any atom is 0.244 e. The Morgan fingerprint density at radius 1 is 1.22 bits per heavy atom. The molecule has 5 nitrogen and oxygen atoms in total. The Hall–Kier alpha value is -1.11. The number of benzene rings is 1. The number of sulfonamides is 1. The molecule has 1 aliphatic carbocycles. The smallest absolute Gasteiger partial charge is 0.244 e. The highest BCUT2D eigenvalue weighted by molar-refractivity contribution is 7.89. The Labute approximate surface area is 138 Å². The van der Waals surface area contributed by atoms with Crippen LogP contribution in [0.2, 0.25) is 0 Å². The van der Waals surface area contributed by atoms with Gasteiger partial charge in [-0.1, -0.05) is 12.1 Å². The summed E-state index contributed by atoms with van der Waals surface area (Å²) in [5.74, 6) is 1.38. The molecule has 126 valence electrons. The molecular formula is C17H24N2O3S. The molecule has 1 aromatic rings. The van der Waals surface area contributed by atoms with E-state index in [1.165, 1.54) is 19.4 Å². The van der Waals surface area contributed by atoms with E-state index in [-0.39, 0.29) is 10.3 Å². The Morgan fingerprint density at radius 3 is 2.70 bits per heavy atom. The molecule has 1 saturated heterocycles. The van der Waals surface area contributed by atoms with Crippen molar-refractivity contribution in [2.24, 2.45) is 11.3 Å². The topological polar surface area (TPSA) is 58.6 Å². The van der Waals surface area contributed by atoms with Crippen molar-refractivity contribution in [3.8, 4) is 5.75 Å². The fraction of sp³-hybridized carbons (Fsp3) is 0.647. The van der Waals surface area contributed by atoms with Gasteiger partial charge in [-0.2, -0.15) is 0 Å². The van der Waals surface area contributed by atoms with E-state index in [0.29, 0.717) is 18.9 Å². The van der Waals surface area contributed by atoms with E-state index in [2.05, 4.69) is 9.62 Å². The summed E-state index contributed by atoms with van der Waals surface area (Å²) >= 11 is 0. The number of para-hydroxylation sites is 1. The third-order valence-corrected chi connectivity index (χ3v) is 6.88. The number of ether oxygens (including phenoxy) is 1. The summed E-state index contributed by atoms with van der Waals surface area (Å²) in [7, 11) is -3.49. The molecule has 23 heavy (non-hydrogen) atoms. The Kier molecular flexibility index (Phi) is 3.86. The fourth-order valence-electron chi connectivity index (χ4n) is 3.60. The van der Waals surface area contributed by atoms with Crippen molar-refractivity contribution in [1.82, 2.24) is 9.62 Å². The van der Waals surface area contributed by atoms with Crippen LogP contribution in [0.15, 0.2) is 29.2 Å². The van der Waals surface area contributed by atoms with Crippen LogP contribution in [-0.4, -0.2) is 46.1 Å². The van der Waals surface area contributed by atoms with E-state index in [9.17, 15) is 8.42 Å². The molecule has 0 amide bonds. The first-order chi connectivity index (χ1) is 11.1. The van der Waals surface area contributed by atoms with E-state index in [1.807, 2.05) is 6.07 Å². The largest absolute Gasteiger partial charge is 0.492 e. The van der Waals surface area contributed by atoms with Gasteiger partial charge >= 0.3 is 0 Å². The Morgan fingerprint density at radius 2 is 1.96 bits per heavy atom. The van der Waals surface area contributed by atoms with Crippen LogP contribution in [0, 0.1) is 11.3 Å². The molecule has 1 N–H and O–H groups in total. The van der Waals surface area contributed by atoms with Gasteiger partial charge < -0.3 is 9.64 Å². The molecule has 0 atom stereocenters. The van der Waals surface area contributed by atoms with Crippen LogP contribution in [-0.2, 0) is 10.0 Å². The summed E-state index contributed by atoms with van der Waals surface area (Å²) in [6.07, 6.45) is 4.73. The lowest BCUT2D eigenvalue weighted by atomic mass is 9.79. The normalized spacial score (nSPS) is 26.8. The number of hydrogen-bond acceptors (Lipinski definition) is 4. The van der Waals surface area contributed by atoms with Crippen LogP contribution >= 0.6 is 0 Å². The van der Waals surface area contributed by atoms with Gasteiger partial charge in [-0.05, 0) is 56.8 Å². The highest BCUT2D eigenvalue weighted by Gasteiger charge is 2.39. The minimum Gasteiger partial charge on any atom is -0.492 e.